The number of phenols is 1. The highest BCUT2D eigenvalue weighted by atomic mass is 35.5. The molecule has 0 heterocycles. The van der Waals surface area contributed by atoms with Gasteiger partial charge in [-0.15, -0.1) is 11.6 Å². The number of methoxy groups -OCH3 is 1. The van der Waals surface area contributed by atoms with Gasteiger partial charge in [-0.25, -0.2) is 0 Å². The Morgan fingerprint density at radius 3 is 2.66 bits per heavy atom. The van der Waals surface area contributed by atoms with Crippen LogP contribution in [0.3, 0.4) is 0 Å². The summed E-state index contributed by atoms with van der Waals surface area (Å²) in [6.07, 6.45) is 12.7. The summed E-state index contributed by atoms with van der Waals surface area (Å²) in [7, 11) is 1.47. The van der Waals surface area contributed by atoms with E-state index in [0.29, 0.717) is 12.1 Å². The number of allylic oxidation sites excluding steroid dienone is 1. The van der Waals surface area contributed by atoms with Crippen LogP contribution in [0.15, 0.2) is 29.8 Å². The standard InChI is InChI=1S/C25H35ClN2O4/c1-32-22-16-19(12-13-21(22)29)24(25(31)27-20-10-6-3-7-11-20)28(23(30)17-26)15-14-18-8-4-2-5-9-18/h8,12-13,16,20,24,29H,2-7,9-11,14-15,17H2,1H3,(H,27,31)/t24-/m1/s1. The van der Waals surface area contributed by atoms with Gasteiger partial charge in [0.2, 0.25) is 11.8 Å². The Kier molecular flexibility index (Phi) is 9.27. The fourth-order valence-electron chi connectivity index (χ4n) is 4.73. The molecule has 2 N–H and O–H groups in total. The summed E-state index contributed by atoms with van der Waals surface area (Å²) >= 11 is 5.98. The second-order valence-corrected chi connectivity index (χ2v) is 9.02. The molecule has 1 saturated carbocycles. The van der Waals surface area contributed by atoms with E-state index in [1.54, 1.807) is 17.0 Å². The zero-order valence-corrected chi connectivity index (χ0v) is 19.7. The van der Waals surface area contributed by atoms with E-state index >= 15 is 0 Å². The van der Waals surface area contributed by atoms with Gasteiger partial charge in [-0.2, -0.15) is 0 Å². The van der Waals surface area contributed by atoms with Crippen LogP contribution in [0.1, 0.15) is 75.8 Å². The molecule has 32 heavy (non-hydrogen) atoms. The number of amides is 2. The molecule has 0 aliphatic heterocycles. The summed E-state index contributed by atoms with van der Waals surface area (Å²) < 4.78 is 5.27. The molecular weight excluding hydrogens is 428 g/mol. The number of ether oxygens (including phenoxy) is 1. The highest BCUT2D eigenvalue weighted by Gasteiger charge is 2.33. The number of benzene rings is 1. The molecule has 1 atom stereocenters. The first kappa shape index (κ1) is 24.4. The number of alkyl halides is 1. The van der Waals surface area contributed by atoms with Crippen LogP contribution in [0, 0.1) is 0 Å². The summed E-state index contributed by atoms with van der Waals surface area (Å²) in [6, 6.07) is 4.10. The van der Waals surface area contributed by atoms with Gasteiger partial charge in [-0.1, -0.05) is 37.0 Å². The molecule has 6 nitrogen and oxygen atoms in total. The Balaban J connectivity index is 1.89. The second kappa shape index (κ2) is 12.1. The van der Waals surface area contributed by atoms with E-state index in [1.165, 1.54) is 31.6 Å². The normalized spacial score (nSPS) is 17.9. The number of phenolic OH excluding ortho intramolecular Hbond substituents is 1. The lowest BCUT2D eigenvalue weighted by atomic mass is 9.94. The van der Waals surface area contributed by atoms with Crippen molar-refractivity contribution in [3.63, 3.8) is 0 Å². The lowest BCUT2D eigenvalue weighted by molar-refractivity contribution is -0.139. The molecule has 1 aromatic carbocycles. The minimum atomic E-state index is -0.832. The predicted molar refractivity (Wildman–Crippen MR) is 126 cm³/mol. The molecule has 2 aliphatic carbocycles. The Morgan fingerprint density at radius 2 is 2.00 bits per heavy atom. The summed E-state index contributed by atoms with van der Waals surface area (Å²) in [6.45, 7) is 0.420. The third-order valence-corrected chi connectivity index (χ3v) is 6.75. The molecule has 1 aromatic rings. The van der Waals surface area contributed by atoms with Crippen molar-refractivity contribution in [1.29, 1.82) is 0 Å². The maximum absolute atomic E-state index is 13.5. The fourth-order valence-corrected chi connectivity index (χ4v) is 4.89. The van der Waals surface area contributed by atoms with Crippen LogP contribution in [0.2, 0.25) is 0 Å². The lowest BCUT2D eigenvalue weighted by Gasteiger charge is -2.33. The molecule has 0 unspecified atom stereocenters. The molecule has 2 amide bonds. The highest BCUT2D eigenvalue weighted by Crippen LogP contribution is 2.33. The van der Waals surface area contributed by atoms with Crippen molar-refractivity contribution in [2.45, 2.75) is 76.3 Å². The topological polar surface area (TPSA) is 78.9 Å². The first-order valence-electron chi connectivity index (χ1n) is 11.7. The van der Waals surface area contributed by atoms with Crippen molar-refractivity contribution in [3.8, 4) is 11.5 Å². The number of hydrogen-bond donors (Lipinski definition) is 2. The average Bonchev–Trinajstić information content (AvgIpc) is 2.83. The van der Waals surface area contributed by atoms with E-state index in [4.69, 9.17) is 16.3 Å². The molecule has 0 bridgehead atoms. The van der Waals surface area contributed by atoms with Gasteiger partial charge < -0.3 is 20.1 Å². The maximum atomic E-state index is 13.5. The third kappa shape index (κ3) is 6.41. The number of carbonyl (C=O) groups is 2. The lowest BCUT2D eigenvalue weighted by Crippen LogP contribution is -2.47. The van der Waals surface area contributed by atoms with Gasteiger partial charge in [0.25, 0.3) is 0 Å². The largest absolute Gasteiger partial charge is 0.504 e. The Morgan fingerprint density at radius 1 is 1.22 bits per heavy atom. The SMILES string of the molecule is COc1cc([C@H](C(=O)NC2CCCCC2)N(CCC2=CCCCC2)C(=O)CCl)ccc1O. The Bertz CT molecular complexity index is 820. The van der Waals surface area contributed by atoms with Gasteiger partial charge in [0.05, 0.1) is 7.11 Å². The monoisotopic (exact) mass is 462 g/mol. The minimum Gasteiger partial charge on any atom is -0.504 e. The molecule has 2 aliphatic rings. The fraction of sp³-hybridized carbons (Fsp3) is 0.600. The first-order valence-corrected chi connectivity index (χ1v) is 12.3. The molecule has 1 fully saturated rings. The van der Waals surface area contributed by atoms with E-state index in [0.717, 1.165) is 51.4 Å². The quantitative estimate of drug-likeness (QED) is 0.406. The molecule has 0 radical (unpaired) electrons. The van der Waals surface area contributed by atoms with Crippen LogP contribution in [0.4, 0.5) is 0 Å². The highest BCUT2D eigenvalue weighted by molar-refractivity contribution is 6.27. The number of aromatic hydroxyl groups is 1. The predicted octanol–water partition coefficient (Wildman–Crippen LogP) is 4.85. The molecule has 7 heteroatoms. The van der Waals surface area contributed by atoms with Crippen LogP contribution in [-0.4, -0.2) is 47.4 Å². The van der Waals surface area contributed by atoms with E-state index in [-0.39, 0.29) is 35.2 Å². The van der Waals surface area contributed by atoms with Gasteiger partial charge in [0.15, 0.2) is 11.5 Å². The summed E-state index contributed by atoms with van der Waals surface area (Å²) in [5, 5.41) is 13.2. The Labute approximate surface area is 196 Å². The van der Waals surface area contributed by atoms with Gasteiger partial charge in [0, 0.05) is 12.6 Å². The zero-order chi connectivity index (χ0) is 22.9. The Hall–Kier alpha value is -2.21. The smallest absolute Gasteiger partial charge is 0.247 e. The zero-order valence-electron chi connectivity index (χ0n) is 18.9. The van der Waals surface area contributed by atoms with Crippen LogP contribution >= 0.6 is 11.6 Å². The second-order valence-electron chi connectivity index (χ2n) is 8.76. The maximum Gasteiger partial charge on any atom is 0.247 e. The van der Waals surface area contributed by atoms with E-state index in [9.17, 15) is 14.7 Å². The molecule has 3 rings (SSSR count). The average molecular weight is 463 g/mol. The van der Waals surface area contributed by atoms with Crippen molar-refractivity contribution in [2.24, 2.45) is 0 Å². The number of nitrogens with one attached hydrogen (secondary N) is 1. The first-order chi connectivity index (χ1) is 15.5. The van der Waals surface area contributed by atoms with E-state index < -0.39 is 6.04 Å². The third-order valence-electron chi connectivity index (χ3n) is 6.52. The van der Waals surface area contributed by atoms with Gasteiger partial charge in [-0.3, -0.25) is 9.59 Å². The molecule has 176 valence electrons. The molecule has 0 saturated heterocycles. The summed E-state index contributed by atoms with van der Waals surface area (Å²) in [5.74, 6) is -0.419. The van der Waals surface area contributed by atoms with Crippen LogP contribution in [-0.2, 0) is 9.59 Å². The van der Waals surface area contributed by atoms with Gasteiger partial charge in [0.1, 0.15) is 11.9 Å². The van der Waals surface area contributed by atoms with Crippen molar-refractivity contribution >= 4 is 23.4 Å². The number of carbonyl (C=O) groups excluding carboxylic acids is 2. The molecular formula is C25H35ClN2O4. The number of halogens is 1. The summed E-state index contributed by atoms with van der Waals surface area (Å²) in [4.78, 5) is 28.1. The number of nitrogens with zero attached hydrogens (tertiary/aromatic N) is 1. The minimum absolute atomic E-state index is 0.00901. The van der Waals surface area contributed by atoms with Gasteiger partial charge in [-0.05, 0) is 62.6 Å². The molecule has 0 aromatic heterocycles. The van der Waals surface area contributed by atoms with Crippen LogP contribution in [0.25, 0.3) is 0 Å². The van der Waals surface area contributed by atoms with Crippen molar-refractivity contribution in [1.82, 2.24) is 10.2 Å². The number of hydrogen-bond acceptors (Lipinski definition) is 4. The molecule has 0 spiro atoms. The van der Waals surface area contributed by atoms with E-state index in [1.807, 2.05) is 0 Å². The van der Waals surface area contributed by atoms with Gasteiger partial charge >= 0.3 is 0 Å². The number of rotatable bonds is 9. The van der Waals surface area contributed by atoms with E-state index in [2.05, 4.69) is 11.4 Å². The van der Waals surface area contributed by atoms with Crippen molar-refractivity contribution in [2.75, 3.05) is 19.5 Å². The van der Waals surface area contributed by atoms with Crippen molar-refractivity contribution in [3.05, 3.63) is 35.4 Å². The summed E-state index contributed by atoms with van der Waals surface area (Å²) in [5.41, 5.74) is 1.93. The van der Waals surface area contributed by atoms with Crippen molar-refractivity contribution < 1.29 is 19.4 Å². The van der Waals surface area contributed by atoms with Crippen LogP contribution in [0.5, 0.6) is 11.5 Å². The van der Waals surface area contributed by atoms with Crippen LogP contribution < -0.4 is 10.1 Å².